The highest BCUT2D eigenvalue weighted by Gasteiger charge is 2.20. The third-order valence-electron chi connectivity index (χ3n) is 6.84. The van der Waals surface area contributed by atoms with Crippen molar-refractivity contribution in [1.29, 1.82) is 0 Å². The minimum atomic E-state index is 0.740. The maximum atomic E-state index is 5.05. The fraction of sp³-hybridized carbons (Fsp3) is 0. The Bertz CT molecular complexity index is 2070. The highest BCUT2D eigenvalue weighted by molar-refractivity contribution is 6.29. The highest BCUT2D eigenvalue weighted by Crippen LogP contribution is 2.41. The van der Waals surface area contributed by atoms with E-state index in [1.807, 2.05) is 18.5 Å². The molecule has 0 atom stereocenters. The van der Waals surface area contributed by atoms with Gasteiger partial charge in [0.25, 0.3) is 0 Å². The number of aromatic nitrogens is 5. The lowest BCUT2D eigenvalue weighted by Gasteiger charge is -2.11. The Labute approximate surface area is 193 Å². The minimum absolute atomic E-state index is 0.740. The van der Waals surface area contributed by atoms with E-state index in [2.05, 4.69) is 97.8 Å². The maximum absolute atomic E-state index is 5.05. The molecule has 0 aliphatic rings. The molecule has 158 valence electrons. The summed E-state index contributed by atoms with van der Waals surface area (Å²) in [7, 11) is 0. The molecule has 8 rings (SSSR count). The Balaban J connectivity index is 1.73. The molecular formula is C29H17N5. The third-order valence-corrected chi connectivity index (χ3v) is 6.84. The first-order valence-electron chi connectivity index (χ1n) is 11.3. The summed E-state index contributed by atoms with van der Waals surface area (Å²) < 4.78 is 4.55. The summed E-state index contributed by atoms with van der Waals surface area (Å²) in [5.41, 5.74) is 7.15. The van der Waals surface area contributed by atoms with Gasteiger partial charge in [-0.1, -0.05) is 42.5 Å². The van der Waals surface area contributed by atoms with E-state index in [9.17, 15) is 0 Å². The summed E-state index contributed by atoms with van der Waals surface area (Å²) in [6.45, 7) is 0. The fourth-order valence-electron chi connectivity index (χ4n) is 5.49. The van der Waals surface area contributed by atoms with Crippen molar-refractivity contribution in [3.8, 4) is 5.69 Å². The first kappa shape index (κ1) is 17.7. The maximum Gasteiger partial charge on any atom is 0.178 e. The number of hydrogen-bond donors (Lipinski definition) is 0. The number of fused-ring (bicyclic) bond motifs is 12. The van der Waals surface area contributed by atoms with E-state index in [0.29, 0.717) is 0 Å². The van der Waals surface area contributed by atoms with Crippen LogP contribution in [-0.2, 0) is 0 Å². The Morgan fingerprint density at radius 2 is 1.41 bits per heavy atom. The average Bonchev–Trinajstić information content (AvgIpc) is 3.45. The molecule has 0 aliphatic carbocycles. The molecule has 0 fully saturated rings. The number of imidazole rings is 1. The first-order chi connectivity index (χ1) is 16.9. The van der Waals surface area contributed by atoms with Crippen LogP contribution in [0.2, 0.25) is 0 Å². The Morgan fingerprint density at radius 1 is 0.559 bits per heavy atom. The summed E-state index contributed by atoms with van der Waals surface area (Å²) in [5, 5.41) is 5.88. The summed E-state index contributed by atoms with van der Waals surface area (Å²) in [4.78, 5) is 14.1. The zero-order chi connectivity index (χ0) is 22.2. The highest BCUT2D eigenvalue weighted by atomic mass is 15.1. The second-order valence-corrected chi connectivity index (χ2v) is 8.58. The van der Waals surface area contributed by atoms with Gasteiger partial charge in [-0.25, -0.2) is 9.97 Å². The molecule has 5 aromatic heterocycles. The van der Waals surface area contributed by atoms with Gasteiger partial charge < -0.3 is 4.57 Å². The number of benzene rings is 3. The van der Waals surface area contributed by atoms with Gasteiger partial charge in [-0.05, 0) is 47.9 Å². The second-order valence-electron chi connectivity index (χ2n) is 8.58. The lowest BCUT2D eigenvalue weighted by molar-refractivity contribution is 1.18. The lowest BCUT2D eigenvalue weighted by atomic mass is 10.0. The van der Waals surface area contributed by atoms with Crippen LogP contribution in [0.5, 0.6) is 0 Å². The van der Waals surface area contributed by atoms with Crippen molar-refractivity contribution < 1.29 is 0 Å². The molecule has 0 N–H and O–H groups in total. The SMILES string of the molecule is c1ccc(-n2c3ccccc3c3c4c(ccc32)c2ccncc2n2c3cccnc3nc42)cc1. The minimum Gasteiger partial charge on any atom is -0.309 e. The average molecular weight is 435 g/mol. The Kier molecular flexibility index (Phi) is 3.34. The van der Waals surface area contributed by atoms with Crippen LogP contribution in [-0.4, -0.2) is 23.9 Å². The van der Waals surface area contributed by atoms with E-state index >= 15 is 0 Å². The second kappa shape index (κ2) is 6.39. The van der Waals surface area contributed by atoms with Gasteiger partial charge in [0.15, 0.2) is 5.65 Å². The quantitative estimate of drug-likeness (QED) is 0.270. The molecule has 0 aliphatic heterocycles. The number of pyridine rings is 3. The topological polar surface area (TPSA) is 48.0 Å². The number of para-hydroxylation sites is 2. The third kappa shape index (κ3) is 2.16. The summed E-state index contributed by atoms with van der Waals surface area (Å²) in [5.74, 6) is 0. The normalized spacial score (nSPS) is 12.1. The summed E-state index contributed by atoms with van der Waals surface area (Å²) in [6.07, 6.45) is 5.59. The van der Waals surface area contributed by atoms with Crippen molar-refractivity contribution in [1.82, 2.24) is 23.9 Å². The summed E-state index contributed by atoms with van der Waals surface area (Å²) in [6, 6.07) is 29.8. The van der Waals surface area contributed by atoms with Gasteiger partial charge in [0.1, 0.15) is 5.65 Å². The fourth-order valence-corrected chi connectivity index (χ4v) is 5.49. The molecule has 5 nitrogen and oxygen atoms in total. The molecular weight excluding hydrogens is 418 g/mol. The Hall–Kier alpha value is -4.77. The molecule has 34 heavy (non-hydrogen) atoms. The molecule has 8 aromatic rings. The summed E-state index contributed by atoms with van der Waals surface area (Å²) >= 11 is 0. The largest absolute Gasteiger partial charge is 0.309 e. The van der Waals surface area contributed by atoms with E-state index in [1.54, 1.807) is 6.20 Å². The predicted molar refractivity (Wildman–Crippen MR) is 138 cm³/mol. The van der Waals surface area contributed by atoms with Crippen LogP contribution in [0, 0.1) is 0 Å². The van der Waals surface area contributed by atoms with Crippen LogP contribution in [0.15, 0.2) is 104 Å². The van der Waals surface area contributed by atoms with E-state index in [4.69, 9.17) is 4.98 Å². The molecule has 0 unspecified atom stereocenters. The van der Waals surface area contributed by atoms with Crippen molar-refractivity contribution in [2.75, 3.05) is 0 Å². The Morgan fingerprint density at radius 3 is 2.35 bits per heavy atom. The predicted octanol–water partition coefficient (Wildman–Crippen LogP) is 6.68. The van der Waals surface area contributed by atoms with Gasteiger partial charge >= 0.3 is 0 Å². The van der Waals surface area contributed by atoms with Crippen molar-refractivity contribution in [3.05, 3.63) is 104 Å². The molecule has 0 bridgehead atoms. The van der Waals surface area contributed by atoms with E-state index in [-0.39, 0.29) is 0 Å². The van der Waals surface area contributed by atoms with Crippen LogP contribution in [0.3, 0.4) is 0 Å². The smallest absolute Gasteiger partial charge is 0.178 e. The first-order valence-corrected chi connectivity index (χ1v) is 11.3. The van der Waals surface area contributed by atoms with Crippen molar-refractivity contribution in [2.24, 2.45) is 0 Å². The van der Waals surface area contributed by atoms with E-state index in [1.165, 1.54) is 21.7 Å². The standard InChI is InChI=1S/C29H17N5/c1-2-7-18(8-3-1)33-22-10-5-4-9-21(22)26-23(33)13-12-20-19-14-16-30-17-25(19)34-24-11-6-15-31-28(24)32-29(34)27(20)26/h1-17H. The van der Waals surface area contributed by atoms with Crippen LogP contribution in [0.25, 0.3) is 66.0 Å². The number of hydrogen-bond acceptors (Lipinski definition) is 3. The lowest BCUT2D eigenvalue weighted by Crippen LogP contribution is -1.95. The van der Waals surface area contributed by atoms with Gasteiger partial charge in [-0.15, -0.1) is 0 Å². The molecule has 0 spiro atoms. The van der Waals surface area contributed by atoms with Gasteiger partial charge in [0, 0.05) is 39.6 Å². The van der Waals surface area contributed by atoms with Crippen molar-refractivity contribution in [2.45, 2.75) is 0 Å². The molecule has 3 aromatic carbocycles. The zero-order valence-electron chi connectivity index (χ0n) is 18.1. The molecule has 0 radical (unpaired) electrons. The van der Waals surface area contributed by atoms with Gasteiger partial charge in [-0.2, -0.15) is 0 Å². The number of rotatable bonds is 1. The molecule has 5 heterocycles. The van der Waals surface area contributed by atoms with E-state index in [0.717, 1.165) is 44.3 Å². The van der Waals surface area contributed by atoms with Crippen LogP contribution in [0.4, 0.5) is 0 Å². The van der Waals surface area contributed by atoms with Crippen molar-refractivity contribution in [3.63, 3.8) is 0 Å². The van der Waals surface area contributed by atoms with Crippen LogP contribution < -0.4 is 0 Å². The number of nitrogens with zero attached hydrogens (tertiary/aromatic N) is 5. The van der Waals surface area contributed by atoms with E-state index < -0.39 is 0 Å². The molecule has 0 saturated heterocycles. The van der Waals surface area contributed by atoms with Crippen molar-refractivity contribution >= 4 is 60.3 Å². The molecule has 0 saturated carbocycles. The van der Waals surface area contributed by atoms with Gasteiger partial charge in [0.2, 0.25) is 0 Å². The van der Waals surface area contributed by atoms with Crippen LogP contribution in [0.1, 0.15) is 0 Å². The monoisotopic (exact) mass is 435 g/mol. The van der Waals surface area contributed by atoms with Gasteiger partial charge in [0.05, 0.1) is 28.3 Å². The molecule has 0 amide bonds. The van der Waals surface area contributed by atoms with Gasteiger partial charge in [-0.3, -0.25) is 9.38 Å². The molecule has 5 heteroatoms. The zero-order valence-corrected chi connectivity index (χ0v) is 18.1. The van der Waals surface area contributed by atoms with Crippen LogP contribution >= 0.6 is 0 Å².